The molecule has 10 nitrogen and oxygen atoms in total. The Labute approximate surface area is 142 Å². The van der Waals surface area contributed by atoms with Crippen molar-refractivity contribution < 1.29 is 9.90 Å². The summed E-state index contributed by atoms with van der Waals surface area (Å²) in [6.45, 7) is 0. The number of aliphatic imine (C=N–C) groups is 1. The van der Waals surface area contributed by atoms with Gasteiger partial charge in [-0.25, -0.2) is 4.79 Å². The van der Waals surface area contributed by atoms with Crippen LogP contribution in [0.15, 0.2) is 14.6 Å². The number of aromatic amines is 1. The average molecular weight is 348 g/mol. The highest BCUT2D eigenvalue weighted by molar-refractivity contribution is 6.27. The molecule has 1 aliphatic carbocycles. The third-order valence-corrected chi connectivity index (χ3v) is 4.81. The number of amides is 1. The van der Waals surface area contributed by atoms with Crippen molar-refractivity contribution in [3.8, 4) is 5.88 Å². The second kappa shape index (κ2) is 6.54. The Morgan fingerprint density at radius 2 is 2.00 bits per heavy atom. The zero-order chi connectivity index (χ0) is 18.1. The summed E-state index contributed by atoms with van der Waals surface area (Å²) in [5.74, 6) is -0.974. The van der Waals surface area contributed by atoms with Crippen LogP contribution in [0.25, 0.3) is 0 Å². The van der Waals surface area contributed by atoms with Gasteiger partial charge in [-0.3, -0.25) is 29.5 Å². The predicted octanol–water partition coefficient (Wildman–Crippen LogP) is -0.826. The van der Waals surface area contributed by atoms with Crippen LogP contribution in [0.3, 0.4) is 0 Å². The van der Waals surface area contributed by atoms with Crippen molar-refractivity contribution in [3.63, 3.8) is 0 Å². The SMILES string of the molecule is N=C(N)c1c(O)n(C2CCC(C[C@@H]3N=CC(=O)N3)CC2)c(=O)[nH]c1=O. The third kappa shape index (κ3) is 3.32. The number of rotatable bonds is 4. The van der Waals surface area contributed by atoms with Gasteiger partial charge in [0.25, 0.3) is 11.5 Å². The summed E-state index contributed by atoms with van der Waals surface area (Å²) in [7, 11) is 0. The molecule has 1 amide bonds. The van der Waals surface area contributed by atoms with Crippen LogP contribution in [0.4, 0.5) is 0 Å². The van der Waals surface area contributed by atoms with Crippen LogP contribution in [0, 0.1) is 11.3 Å². The second-order valence-electron chi connectivity index (χ2n) is 6.45. The van der Waals surface area contributed by atoms with Gasteiger partial charge in [-0.2, -0.15) is 0 Å². The lowest BCUT2D eigenvalue weighted by molar-refractivity contribution is -0.114. The molecule has 1 aliphatic heterocycles. The van der Waals surface area contributed by atoms with Crippen molar-refractivity contribution >= 4 is 18.0 Å². The molecule has 1 aromatic rings. The number of amidine groups is 1. The maximum absolute atomic E-state index is 12.1. The van der Waals surface area contributed by atoms with Crippen molar-refractivity contribution in [2.75, 3.05) is 0 Å². The molecule has 0 spiro atoms. The van der Waals surface area contributed by atoms with E-state index in [1.54, 1.807) is 0 Å². The van der Waals surface area contributed by atoms with E-state index >= 15 is 0 Å². The van der Waals surface area contributed by atoms with Gasteiger partial charge in [-0.1, -0.05) is 0 Å². The van der Waals surface area contributed by atoms with Crippen LogP contribution < -0.4 is 22.3 Å². The van der Waals surface area contributed by atoms with E-state index in [-0.39, 0.29) is 23.7 Å². The smallest absolute Gasteiger partial charge is 0.331 e. The molecule has 2 aliphatic rings. The number of H-pyrrole nitrogens is 1. The highest BCUT2D eigenvalue weighted by atomic mass is 16.3. The molecule has 1 saturated carbocycles. The van der Waals surface area contributed by atoms with Crippen molar-refractivity contribution in [3.05, 3.63) is 26.4 Å². The number of hydrogen-bond donors (Lipinski definition) is 5. The second-order valence-corrected chi connectivity index (χ2v) is 6.45. The minimum atomic E-state index is -0.866. The molecule has 6 N–H and O–H groups in total. The predicted molar refractivity (Wildman–Crippen MR) is 90.0 cm³/mol. The number of hydrogen-bond acceptors (Lipinski definition) is 6. The number of nitrogens with zero attached hydrogens (tertiary/aromatic N) is 2. The van der Waals surface area contributed by atoms with Crippen LogP contribution in [-0.4, -0.2) is 38.8 Å². The number of aromatic hydroxyl groups is 1. The lowest BCUT2D eigenvalue weighted by Gasteiger charge is -2.31. The van der Waals surface area contributed by atoms with Gasteiger partial charge in [0.1, 0.15) is 17.6 Å². The van der Waals surface area contributed by atoms with E-state index in [1.165, 1.54) is 6.21 Å². The normalized spacial score (nSPS) is 25.8. The van der Waals surface area contributed by atoms with E-state index in [9.17, 15) is 19.5 Å². The topological polar surface area (TPSA) is 166 Å². The molecule has 0 aromatic carbocycles. The fraction of sp³-hybridized carbons (Fsp3) is 0.533. The lowest BCUT2D eigenvalue weighted by atomic mass is 9.83. The Morgan fingerprint density at radius 1 is 1.32 bits per heavy atom. The molecule has 0 unspecified atom stereocenters. The number of carbonyl (C=O) groups excluding carboxylic acids is 1. The van der Waals surface area contributed by atoms with Gasteiger partial charge in [0.15, 0.2) is 0 Å². The van der Waals surface area contributed by atoms with Gasteiger partial charge < -0.3 is 16.2 Å². The number of nitrogens with two attached hydrogens (primary N) is 1. The minimum absolute atomic E-state index is 0.180. The number of nitrogen functional groups attached to an aromatic ring is 1. The molecule has 0 bridgehead atoms. The summed E-state index contributed by atoms with van der Waals surface area (Å²) >= 11 is 0. The van der Waals surface area contributed by atoms with E-state index in [1.807, 2.05) is 0 Å². The molecule has 2 heterocycles. The molecule has 1 aromatic heterocycles. The maximum atomic E-state index is 12.1. The van der Waals surface area contributed by atoms with E-state index in [4.69, 9.17) is 11.1 Å². The third-order valence-electron chi connectivity index (χ3n) is 4.81. The van der Waals surface area contributed by atoms with E-state index < -0.39 is 23.0 Å². The average Bonchev–Trinajstić information content (AvgIpc) is 2.93. The van der Waals surface area contributed by atoms with Gasteiger partial charge in [-0.05, 0) is 38.0 Å². The van der Waals surface area contributed by atoms with Gasteiger partial charge >= 0.3 is 5.69 Å². The first-order valence-corrected chi connectivity index (χ1v) is 8.12. The van der Waals surface area contributed by atoms with Crippen molar-refractivity contribution in [1.29, 1.82) is 5.41 Å². The zero-order valence-electron chi connectivity index (χ0n) is 13.5. The number of nitrogens with one attached hydrogen (secondary N) is 3. The molecule has 0 radical (unpaired) electrons. The first-order chi connectivity index (χ1) is 11.9. The van der Waals surface area contributed by atoms with Crippen LogP contribution in [-0.2, 0) is 4.79 Å². The van der Waals surface area contributed by atoms with Crippen molar-refractivity contribution in [1.82, 2.24) is 14.9 Å². The van der Waals surface area contributed by atoms with Gasteiger partial charge in [0.05, 0.1) is 6.21 Å². The molecular weight excluding hydrogens is 328 g/mol. The molecular formula is C15H20N6O4. The number of aromatic nitrogens is 2. The van der Waals surface area contributed by atoms with Crippen molar-refractivity contribution in [2.24, 2.45) is 16.6 Å². The van der Waals surface area contributed by atoms with Gasteiger partial charge in [-0.15, -0.1) is 0 Å². The van der Waals surface area contributed by atoms with Gasteiger partial charge in [0.2, 0.25) is 5.88 Å². The minimum Gasteiger partial charge on any atom is -0.494 e. The van der Waals surface area contributed by atoms with Crippen molar-refractivity contribution in [2.45, 2.75) is 44.3 Å². The lowest BCUT2D eigenvalue weighted by Crippen LogP contribution is -2.38. The van der Waals surface area contributed by atoms with E-state index in [0.29, 0.717) is 18.8 Å². The molecule has 3 rings (SSSR count). The van der Waals surface area contributed by atoms with Crippen LogP contribution in [0.2, 0.25) is 0 Å². The molecule has 0 saturated heterocycles. The Balaban J connectivity index is 1.73. The van der Waals surface area contributed by atoms with Crippen LogP contribution in [0.1, 0.15) is 43.7 Å². The fourth-order valence-corrected chi connectivity index (χ4v) is 3.59. The molecule has 10 heteroatoms. The molecule has 25 heavy (non-hydrogen) atoms. The first kappa shape index (κ1) is 16.9. The maximum Gasteiger partial charge on any atom is 0.331 e. The summed E-state index contributed by atoms with van der Waals surface area (Å²) in [6, 6.07) is -0.277. The molecule has 1 fully saturated rings. The van der Waals surface area contributed by atoms with Crippen LogP contribution in [0.5, 0.6) is 5.88 Å². The summed E-state index contributed by atoms with van der Waals surface area (Å²) in [5, 5.41) is 20.4. The Morgan fingerprint density at radius 3 is 2.56 bits per heavy atom. The Bertz CT molecular complexity index is 847. The highest BCUT2D eigenvalue weighted by Gasteiger charge is 2.29. The highest BCUT2D eigenvalue weighted by Crippen LogP contribution is 2.35. The zero-order valence-corrected chi connectivity index (χ0v) is 13.5. The van der Waals surface area contributed by atoms with E-state index in [2.05, 4.69) is 15.3 Å². The standard InChI is InChI=1S/C15H20N6O4/c16-12(17)11-13(23)20-15(25)21(14(11)24)8-3-1-7(2-4-8)5-9-18-6-10(22)19-9/h6-9,24H,1-5H2,(H3,16,17)(H,19,22)(H,20,23,25)/t7?,8?,9-/m1/s1. The monoisotopic (exact) mass is 348 g/mol. The molecule has 1 atom stereocenters. The fourth-order valence-electron chi connectivity index (χ4n) is 3.59. The number of carbonyl (C=O) groups is 1. The Kier molecular flexibility index (Phi) is 4.43. The first-order valence-electron chi connectivity index (χ1n) is 8.12. The van der Waals surface area contributed by atoms with Gasteiger partial charge in [0, 0.05) is 6.04 Å². The summed E-state index contributed by atoms with van der Waals surface area (Å²) in [4.78, 5) is 41.2. The largest absolute Gasteiger partial charge is 0.494 e. The Hall–Kier alpha value is -2.91. The van der Waals surface area contributed by atoms with Crippen LogP contribution >= 0.6 is 0 Å². The van der Waals surface area contributed by atoms with E-state index in [0.717, 1.165) is 23.8 Å². The summed E-state index contributed by atoms with van der Waals surface area (Å²) in [5.41, 5.74) is 3.37. The summed E-state index contributed by atoms with van der Waals surface area (Å²) < 4.78 is 1.11. The quantitative estimate of drug-likeness (QED) is 0.353. The molecule has 134 valence electrons. The summed E-state index contributed by atoms with van der Waals surface area (Å²) in [6.07, 6.45) is 4.69.